The second kappa shape index (κ2) is 8.02. The molecule has 1 aromatic heterocycles. The summed E-state index contributed by atoms with van der Waals surface area (Å²) in [5, 5.41) is 6.40. The van der Waals surface area contributed by atoms with Crippen LogP contribution in [0.15, 0.2) is 53.7 Å². The first-order valence-corrected chi connectivity index (χ1v) is 9.69. The minimum atomic E-state index is -0.138. The van der Waals surface area contributed by atoms with Gasteiger partial charge in [-0.1, -0.05) is 19.9 Å². The minimum Gasteiger partial charge on any atom is -0.325 e. The van der Waals surface area contributed by atoms with Gasteiger partial charge in [0.15, 0.2) is 0 Å². The van der Waals surface area contributed by atoms with E-state index < -0.39 is 0 Å². The van der Waals surface area contributed by atoms with Crippen molar-refractivity contribution in [2.45, 2.75) is 43.4 Å². The van der Waals surface area contributed by atoms with Gasteiger partial charge in [-0.15, -0.1) is 11.8 Å². The quantitative estimate of drug-likeness (QED) is 0.793. The molecule has 4 nitrogen and oxygen atoms in total. The van der Waals surface area contributed by atoms with Gasteiger partial charge in [-0.25, -0.2) is 0 Å². The Labute approximate surface area is 153 Å². The lowest BCUT2D eigenvalue weighted by atomic mass is 9.77. The SMILES string of the molecule is CC1(C)CCCNC1C(=O)Nc1ccc(SCc2cccnc2)cc1. The zero-order valence-corrected chi connectivity index (χ0v) is 15.6. The standard InChI is InChI=1S/C20H25N3OS/c1-20(2)10-4-12-22-18(20)19(24)23-16-6-8-17(9-7-16)25-14-15-5-3-11-21-13-15/h3,5-9,11,13,18,22H,4,10,12,14H2,1-2H3,(H,23,24). The fourth-order valence-corrected chi connectivity index (χ4v) is 3.99. The number of pyridine rings is 1. The van der Waals surface area contributed by atoms with Crippen LogP contribution >= 0.6 is 11.8 Å². The molecule has 0 aliphatic carbocycles. The normalized spacial score (nSPS) is 19.4. The average molecular weight is 356 g/mol. The van der Waals surface area contributed by atoms with Gasteiger partial charge in [0.2, 0.25) is 5.91 Å². The van der Waals surface area contributed by atoms with Gasteiger partial charge in [0, 0.05) is 28.7 Å². The molecular weight excluding hydrogens is 330 g/mol. The smallest absolute Gasteiger partial charge is 0.242 e. The number of carbonyl (C=O) groups is 1. The molecule has 0 bridgehead atoms. The maximum absolute atomic E-state index is 12.6. The topological polar surface area (TPSA) is 54.0 Å². The van der Waals surface area contributed by atoms with E-state index in [-0.39, 0.29) is 17.4 Å². The number of carbonyl (C=O) groups excluding carboxylic acids is 1. The predicted molar refractivity (Wildman–Crippen MR) is 104 cm³/mol. The predicted octanol–water partition coefficient (Wildman–Crippen LogP) is 4.09. The van der Waals surface area contributed by atoms with Gasteiger partial charge in [-0.05, 0) is 60.7 Å². The Kier molecular flexibility index (Phi) is 5.76. The summed E-state index contributed by atoms with van der Waals surface area (Å²) in [4.78, 5) is 17.9. The number of nitrogens with zero attached hydrogens (tertiary/aromatic N) is 1. The minimum absolute atomic E-state index is 0.0121. The molecule has 1 aliphatic rings. The van der Waals surface area contributed by atoms with Crippen molar-refractivity contribution in [1.82, 2.24) is 10.3 Å². The lowest BCUT2D eigenvalue weighted by Gasteiger charge is -2.38. The summed E-state index contributed by atoms with van der Waals surface area (Å²) in [6.45, 7) is 5.22. The number of anilines is 1. The monoisotopic (exact) mass is 355 g/mol. The molecule has 3 rings (SSSR count). The van der Waals surface area contributed by atoms with E-state index in [9.17, 15) is 4.79 Å². The maximum atomic E-state index is 12.6. The molecule has 0 spiro atoms. The number of hydrogen-bond donors (Lipinski definition) is 2. The Balaban J connectivity index is 1.56. The lowest BCUT2D eigenvalue weighted by molar-refractivity contribution is -0.121. The van der Waals surface area contributed by atoms with Gasteiger partial charge in [0.1, 0.15) is 0 Å². The molecule has 1 aromatic carbocycles. The van der Waals surface area contributed by atoms with Crippen molar-refractivity contribution in [3.63, 3.8) is 0 Å². The van der Waals surface area contributed by atoms with Gasteiger partial charge in [-0.2, -0.15) is 0 Å². The van der Waals surface area contributed by atoms with Crippen LogP contribution in [0.4, 0.5) is 5.69 Å². The van der Waals surface area contributed by atoms with Crippen LogP contribution in [0.3, 0.4) is 0 Å². The van der Waals surface area contributed by atoms with Crippen molar-refractivity contribution in [1.29, 1.82) is 0 Å². The van der Waals surface area contributed by atoms with E-state index in [2.05, 4.69) is 47.7 Å². The molecule has 5 heteroatoms. The number of aromatic nitrogens is 1. The van der Waals surface area contributed by atoms with E-state index in [1.165, 1.54) is 10.5 Å². The number of nitrogens with one attached hydrogen (secondary N) is 2. The molecule has 1 amide bonds. The molecule has 25 heavy (non-hydrogen) atoms. The fourth-order valence-electron chi connectivity index (χ4n) is 3.16. The van der Waals surface area contributed by atoms with Crippen LogP contribution in [0, 0.1) is 5.41 Å². The second-order valence-electron chi connectivity index (χ2n) is 7.14. The Hall–Kier alpha value is -1.85. The summed E-state index contributed by atoms with van der Waals surface area (Å²) in [5.74, 6) is 0.945. The summed E-state index contributed by atoms with van der Waals surface area (Å²) in [5.41, 5.74) is 2.04. The van der Waals surface area contributed by atoms with E-state index in [1.54, 1.807) is 18.0 Å². The fraction of sp³-hybridized carbons (Fsp3) is 0.400. The third-order valence-electron chi connectivity index (χ3n) is 4.64. The highest BCUT2D eigenvalue weighted by Crippen LogP contribution is 2.31. The van der Waals surface area contributed by atoms with E-state index >= 15 is 0 Å². The second-order valence-corrected chi connectivity index (χ2v) is 8.19. The van der Waals surface area contributed by atoms with Crippen molar-refractivity contribution in [2.75, 3.05) is 11.9 Å². The molecule has 1 unspecified atom stereocenters. The van der Waals surface area contributed by atoms with Gasteiger partial charge in [0.05, 0.1) is 6.04 Å². The summed E-state index contributed by atoms with van der Waals surface area (Å²) in [6.07, 6.45) is 5.87. The van der Waals surface area contributed by atoms with E-state index in [1.807, 2.05) is 24.4 Å². The molecular formula is C20H25N3OS. The summed E-state index contributed by atoms with van der Waals surface area (Å²) < 4.78 is 0. The van der Waals surface area contributed by atoms with Crippen LogP contribution in [0.1, 0.15) is 32.3 Å². The van der Waals surface area contributed by atoms with Crippen molar-refractivity contribution < 1.29 is 4.79 Å². The first-order valence-electron chi connectivity index (χ1n) is 8.71. The number of thioether (sulfide) groups is 1. The van der Waals surface area contributed by atoms with Crippen LogP contribution in [-0.4, -0.2) is 23.5 Å². The zero-order chi connectivity index (χ0) is 17.7. The molecule has 1 aliphatic heterocycles. The van der Waals surface area contributed by atoms with E-state index in [0.717, 1.165) is 30.8 Å². The number of hydrogen-bond acceptors (Lipinski definition) is 4. The maximum Gasteiger partial charge on any atom is 0.242 e. The number of piperidine rings is 1. The van der Waals surface area contributed by atoms with Gasteiger partial charge in [-0.3, -0.25) is 9.78 Å². The molecule has 0 saturated carbocycles. The van der Waals surface area contributed by atoms with E-state index in [0.29, 0.717) is 0 Å². The Morgan fingerprint density at radius 3 is 2.80 bits per heavy atom. The van der Waals surface area contributed by atoms with Crippen LogP contribution < -0.4 is 10.6 Å². The molecule has 1 fully saturated rings. The van der Waals surface area contributed by atoms with Gasteiger partial charge >= 0.3 is 0 Å². The first-order chi connectivity index (χ1) is 12.0. The molecule has 1 atom stereocenters. The van der Waals surface area contributed by atoms with Gasteiger partial charge in [0.25, 0.3) is 0 Å². The third-order valence-corrected chi connectivity index (χ3v) is 5.72. The van der Waals surface area contributed by atoms with Crippen LogP contribution in [0.25, 0.3) is 0 Å². The molecule has 2 aromatic rings. The highest BCUT2D eigenvalue weighted by atomic mass is 32.2. The average Bonchev–Trinajstić information content (AvgIpc) is 2.61. The van der Waals surface area contributed by atoms with Crippen molar-refractivity contribution in [3.05, 3.63) is 54.4 Å². The summed E-state index contributed by atoms with van der Waals surface area (Å²) >= 11 is 1.76. The highest BCUT2D eigenvalue weighted by molar-refractivity contribution is 7.98. The summed E-state index contributed by atoms with van der Waals surface area (Å²) in [7, 11) is 0. The number of benzene rings is 1. The van der Waals surface area contributed by atoms with E-state index in [4.69, 9.17) is 0 Å². The molecule has 0 radical (unpaired) electrons. The first kappa shape index (κ1) is 18.0. The molecule has 2 N–H and O–H groups in total. The largest absolute Gasteiger partial charge is 0.325 e. The Morgan fingerprint density at radius 1 is 1.32 bits per heavy atom. The van der Waals surface area contributed by atoms with Crippen molar-refractivity contribution in [3.8, 4) is 0 Å². The zero-order valence-electron chi connectivity index (χ0n) is 14.8. The number of rotatable bonds is 5. The lowest BCUT2D eigenvalue weighted by Crippen LogP contribution is -2.53. The molecule has 132 valence electrons. The highest BCUT2D eigenvalue weighted by Gasteiger charge is 2.36. The Bertz CT molecular complexity index is 701. The third kappa shape index (κ3) is 4.83. The molecule has 1 saturated heterocycles. The van der Waals surface area contributed by atoms with Crippen LogP contribution in [0.2, 0.25) is 0 Å². The Morgan fingerprint density at radius 2 is 2.12 bits per heavy atom. The number of amides is 1. The van der Waals surface area contributed by atoms with Crippen molar-refractivity contribution in [2.24, 2.45) is 5.41 Å². The van der Waals surface area contributed by atoms with Crippen molar-refractivity contribution >= 4 is 23.4 Å². The van der Waals surface area contributed by atoms with Crippen LogP contribution in [-0.2, 0) is 10.5 Å². The van der Waals surface area contributed by atoms with Crippen LogP contribution in [0.5, 0.6) is 0 Å². The van der Waals surface area contributed by atoms with Gasteiger partial charge < -0.3 is 10.6 Å². The summed E-state index contributed by atoms with van der Waals surface area (Å²) in [6, 6.07) is 11.9. The molecule has 2 heterocycles.